The van der Waals surface area contributed by atoms with E-state index in [9.17, 15) is 8.42 Å². The summed E-state index contributed by atoms with van der Waals surface area (Å²) in [6.45, 7) is 10.8. The van der Waals surface area contributed by atoms with Crippen molar-refractivity contribution in [2.45, 2.75) is 26.4 Å². The Kier molecular flexibility index (Phi) is 9.92. The van der Waals surface area contributed by atoms with Crippen LogP contribution in [0.2, 0.25) is 0 Å². The maximum absolute atomic E-state index is 12.0. The summed E-state index contributed by atoms with van der Waals surface area (Å²) in [7, 11) is -3.44. The molecule has 5 rings (SSSR count). The van der Waals surface area contributed by atoms with Crippen molar-refractivity contribution in [2.75, 3.05) is 22.5 Å². The number of rotatable bonds is 13. The molecular weight excluding hydrogens is 586 g/mol. The molecule has 0 bridgehead atoms. The van der Waals surface area contributed by atoms with Gasteiger partial charge in [-0.2, -0.15) is 0 Å². The van der Waals surface area contributed by atoms with Crippen LogP contribution in [0.3, 0.4) is 0 Å². The molecule has 0 atom stereocenters. The first-order valence-corrected chi connectivity index (χ1v) is 16.2. The minimum Gasteiger partial charge on any atom is -0.491 e. The maximum Gasteiger partial charge on any atom is 0.229 e. The Bertz CT molecular complexity index is 1880. The minimum atomic E-state index is -3.44. The Hall–Kier alpha value is -5.40. The van der Waals surface area contributed by atoms with E-state index in [0.29, 0.717) is 48.3 Å². The van der Waals surface area contributed by atoms with Gasteiger partial charge in [0.1, 0.15) is 17.2 Å². The molecule has 0 unspecified atom stereocenters. The number of pyridine rings is 2. The van der Waals surface area contributed by atoms with Crippen molar-refractivity contribution >= 4 is 27.1 Å². The maximum atomic E-state index is 12.0. The molecule has 2 heterocycles. The summed E-state index contributed by atoms with van der Waals surface area (Å²) in [5.74, 6) is 1.85. The molecule has 0 saturated heterocycles. The number of hydrogen-bond acceptors (Lipinski definition) is 7. The molecule has 5 aromatic rings. The van der Waals surface area contributed by atoms with Gasteiger partial charge in [0.2, 0.25) is 10.0 Å². The van der Waals surface area contributed by atoms with Gasteiger partial charge in [0.05, 0.1) is 37.5 Å². The fourth-order valence-electron chi connectivity index (χ4n) is 4.78. The summed E-state index contributed by atoms with van der Waals surface area (Å²) >= 11 is 0. The zero-order valence-electron chi connectivity index (χ0n) is 25.1. The first-order valence-electron chi connectivity index (χ1n) is 14.3. The molecule has 9 nitrogen and oxygen atoms in total. The molecule has 10 heteroatoms. The second-order valence-corrected chi connectivity index (χ2v) is 12.3. The molecule has 0 radical (unpaired) electrons. The number of aromatic nitrogens is 2. The Labute approximate surface area is 264 Å². The lowest BCUT2D eigenvalue weighted by Crippen LogP contribution is -2.23. The molecule has 0 aliphatic rings. The predicted octanol–water partition coefficient (Wildman–Crippen LogP) is 7.33. The minimum absolute atomic E-state index is 0.498. The van der Waals surface area contributed by atoms with Crippen LogP contribution in [0.4, 0.5) is 17.1 Å². The highest BCUT2D eigenvalue weighted by Gasteiger charge is 2.15. The van der Waals surface area contributed by atoms with Crippen molar-refractivity contribution in [1.29, 1.82) is 0 Å². The first kappa shape index (κ1) is 31.0. The quantitative estimate of drug-likeness (QED) is 0.138. The molecule has 2 aromatic heterocycles. The van der Waals surface area contributed by atoms with Crippen LogP contribution in [0.15, 0.2) is 110 Å². The second-order valence-electron chi connectivity index (χ2n) is 10.5. The molecule has 3 aromatic carbocycles. The average Bonchev–Trinajstić information content (AvgIpc) is 3.03. The second kappa shape index (κ2) is 14.4. The highest BCUT2D eigenvalue weighted by molar-refractivity contribution is 7.92. The fraction of sp³-hybridized carbons (Fsp3) is 0.171. The van der Waals surface area contributed by atoms with Gasteiger partial charge in [0.25, 0.3) is 0 Å². The number of anilines is 2. The molecule has 228 valence electrons. The van der Waals surface area contributed by atoms with Crippen molar-refractivity contribution in [1.82, 2.24) is 9.97 Å². The van der Waals surface area contributed by atoms with Gasteiger partial charge in [0.15, 0.2) is 5.69 Å². The van der Waals surface area contributed by atoms with Gasteiger partial charge in [-0.15, -0.1) is 0 Å². The van der Waals surface area contributed by atoms with Crippen LogP contribution in [0.5, 0.6) is 17.2 Å². The highest BCUT2D eigenvalue weighted by atomic mass is 32.2. The average molecular weight is 620 g/mol. The Morgan fingerprint density at radius 1 is 0.822 bits per heavy atom. The van der Waals surface area contributed by atoms with Crippen molar-refractivity contribution in [3.8, 4) is 17.2 Å². The lowest BCUT2D eigenvalue weighted by atomic mass is 10.1. The Balaban J connectivity index is 1.30. The van der Waals surface area contributed by atoms with E-state index in [1.54, 1.807) is 36.8 Å². The van der Waals surface area contributed by atoms with Crippen molar-refractivity contribution in [3.05, 3.63) is 143 Å². The normalized spacial score (nSPS) is 11.0. The molecule has 0 fully saturated rings. The smallest absolute Gasteiger partial charge is 0.229 e. The zero-order valence-corrected chi connectivity index (χ0v) is 25.9. The van der Waals surface area contributed by atoms with Crippen LogP contribution in [-0.4, -0.2) is 31.2 Å². The standard InChI is InChI=1S/C35H33N5O4S/c1-26-34(39-45(3,41)42)7-4-8-35(26)40(24-28-9-13-30(36-2)14-10-28)25-29-11-15-31(16-12-29)44-33-20-32(22-38-23-33)43-19-17-27-6-5-18-37-21-27/h4-16,18,20-23,39H,17,19,24-25H2,1,3H3. The molecule has 0 amide bonds. The van der Waals surface area contributed by atoms with E-state index in [1.807, 2.05) is 79.9 Å². The summed E-state index contributed by atoms with van der Waals surface area (Å²) in [6, 6.07) is 26.6. The fourth-order valence-corrected chi connectivity index (χ4v) is 5.41. The summed E-state index contributed by atoms with van der Waals surface area (Å²) < 4.78 is 38.5. The molecule has 0 aliphatic carbocycles. The molecular formula is C35H33N5O4S. The highest BCUT2D eigenvalue weighted by Crippen LogP contribution is 2.31. The third kappa shape index (κ3) is 9.05. The van der Waals surface area contributed by atoms with E-state index in [-0.39, 0.29) is 0 Å². The molecule has 0 saturated carbocycles. The lowest BCUT2D eigenvalue weighted by Gasteiger charge is -2.28. The SMILES string of the molecule is [C-]#[N+]c1ccc(CN(Cc2ccc(Oc3cncc(OCCc4cccnc4)c3)cc2)c2cccc(NS(C)(=O)=O)c2C)cc1. The topological polar surface area (TPSA) is 98.0 Å². The van der Waals surface area contributed by atoms with Crippen molar-refractivity contribution < 1.29 is 17.9 Å². The van der Waals surface area contributed by atoms with Gasteiger partial charge >= 0.3 is 0 Å². The summed E-state index contributed by atoms with van der Waals surface area (Å²) in [6.07, 6.45) is 8.75. The van der Waals surface area contributed by atoms with Crippen LogP contribution in [0, 0.1) is 13.5 Å². The van der Waals surface area contributed by atoms with E-state index >= 15 is 0 Å². The van der Waals surface area contributed by atoms with E-state index in [2.05, 4.69) is 24.4 Å². The summed E-state index contributed by atoms with van der Waals surface area (Å²) in [4.78, 5) is 14.1. The number of nitrogens with one attached hydrogen (secondary N) is 1. The molecule has 45 heavy (non-hydrogen) atoms. The number of ether oxygens (including phenoxy) is 2. The predicted molar refractivity (Wildman–Crippen MR) is 176 cm³/mol. The van der Waals surface area contributed by atoms with E-state index in [4.69, 9.17) is 16.0 Å². The number of hydrogen-bond donors (Lipinski definition) is 1. The van der Waals surface area contributed by atoms with Gasteiger partial charge in [-0.05, 0) is 59.5 Å². The van der Waals surface area contributed by atoms with E-state index < -0.39 is 10.0 Å². The molecule has 0 aliphatic heterocycles. The van der Waals surface area contributed by atoms with Crippen molar-refractivity contribution in [3.63, 3.8) is 0 Å². The zero-order chi connectivity index (χ0) is 31.6. The molecule has 0 spiro atoms. The number of nitrogens with zero attached hydrogens (tertiary/aromatic N) is 4. The van der Waals surface area contributed by atoms with Crippen LogP contribution < -0.4 is 19.1 Å². The van der Waals surface area contributed by atoms with Crippen LogP contribution >= 0.6 is 0 Å². The van der Waals surface area contributed by atoms with Crippen molar-refractivity contribution in [2.24, 2.45) is 0 Å². The van der Waals surface area contributed by atoms with Gasteiger partial charge in [-0.3, -0.25) is 14.7 Å². The summed E-state index contributed by atoms with van der Waals surface area (Å²) in [5, 5.41) is 0. The van der Waals surface area contributed by atoms with Crippen LogP contribution in [-0.2, 0) is 29.5 Å². The summed E-state index contributed by atoms with van der Waals surface area (Å²) in [5.41, 5.74) is 5.98. The van der Waals surface area contributed by atoms with Gasteiger partial charge in [-0.1, -0.05) is 48.5 Å². The Morgan fingerprint density at radius 3 is 2.20 bits per heavy atom. The monoisotopic (exact) mass is 619 g/mol. The van der Waals surface area contributed by atoms with Crippen LogP contribution in [0.1, 0.15) is 22.3 Å². The van der Waals surface area contributed by atoms with Crippen LogP contribution in [0.25, 0.3) is 4.85 Å². The van der Waals surface area contributed by atoms with E-state index in [1.165, 1.54) is 0 Å². The van der Waals surface area contributed by atoms with Gasteiger partial charge < -0.3 is 14.4 Å². The van der Waals surface area contributed by atoms with Gasteiger partial charge in [-0.25, -0.2) is 13.3 Å². The third-order valence-corrected chi connectivity index (χ3v) is 7.57. The number of benzene rings is 3. The van der Waals surface area contributed by atoms with E-state index in [0.717, 1.165) is 40.6 Å². The molecule has 1 N–H and O–H groups in total. The lowest BCUT2D eigenvalue weighted by molar-refractivity contribution is 0.318. The largest absolute Gasteiger partial charge is 0.491 e. The Morgan fingerprint density at radius 2 is 1.53 bits per heavy atom. The third-order valence-electron chi connectivity index (χ3n) is 6.98. The van der Waals surface area contributed by atoms with Gasteiger partial charge in [0, 0.05) is 43.7 Å². The first-order chi connectivity index (χ1) is 21.8. The number of sulfonamides is 1.